The number of rotatable bonds is 4. The molecule has 0 aliphatic rings. The van der Waals surface area contributed by atoms with Crippen molar-refractivity contribution in [2.24, 2.45) is 0 Å². The first-order valence-corrected chi connectivity index (χ1v) is 5.63. The summed E-state index contributed by atoms with van der Waals surface area (Å²) in [6.45, 7) is 4.51. The van der Waals surface area contributed by atoms with Gasteiger partial charge in [-0.15, -0.1) is 0 Å². The minimum Gasteiger partial charge on any atom is -0.494 e. The Kier molecular flexibility index (Phi) is 4.14. The van der Waals surface area contributed by atoms with E-state index in [0.29, 0.717) is 17.5 Å². The molecule has 0 N–H and O–H groups in total. The minimum absolute atomic E-state index is 0.0750. The summed E-state index contributed by atoms with van der Waals surface area (Å²) in [4.78, 5) is 11.4. The lowest BCUT2D eigenvalue weighted by atomic mass is 10.1. The lowest BCUT2D eigenvalue weighted by molar-refractivity contribution is 0.102. The fraction of sp³-hybridized carbons (Fsp3) is 0.364. The number of carbonyl (C=O) groups excluding carboxylic acids is 1. The maximum absolute atomic E-state index is 11.4. The van der Waals surface area contributed by atoms with E-state index in [4.69, 9.17) is 4.74 Å². The monoisotopic (exact) mass is 256 g/mol. The van der Waals surface area contributed by atoms with E-state index in [9.17, 15) is 4.79 Å². The molecule has 0 fully saturated rings. The standard InChI is InChI=1S/C11H13BrO2/c1-3-14-11-6-9(10(13)7-12)5-4-8(11)2/h4-6H,3,7H2,1-2H3. The maximum Gasteiger partial charge on any atom is 0.173 e. The van der Waals surface area contributed by atoms with Gasteiger partial charge in [0.15, 0.2) is 5.78 Å². The third-order valence-corrected chi connectivity index (χ3v) is 2.44. The molecule has 76 valence electrons. The van der Waals surface area contributed by atoms with Gasteiger partial charge in [-0.1, -0.05) is 28.1 Å². The molecule has 0 saturated carbocycles. The molecule has 0 spiro atoms. The molecule has 14 heavy (non-hydrogen) atoms. The zero-order valence-electron chi connectivity index (χ0n) is 8.34. The van der Waals surface area contributed by atoms with Crippen LogP contribution < -0.4 is 4.74 Å². The summed E-state index contributed by atoms with van der Waals surface area (Å²) in [7, 11) is 0. The third kappa shape index (κ3) is 2.58. The predicted octanol–water partition coefficient (Wildman–Crippen LogP) is 2.97. The topological polar surface area (TPSA) is 26.3 Å². The molecule has 1 aromatic carbocycles. The highest BCUT2D eigenvalue weighted by molar-refractivity contribution is 9.09. The van der Waals surface area contributed by atoms with Gasteiger partial charge >= 0.3 is 0 Å². The summed E-state index contributed by atoms with van der Waals surface area (Å²) < 4.78 is 5.40. The van der Waals surface area contributed by atoms with E-state index in [0.717, 1.165) is 11.3 Å². The lowest BCUT2D eigenvalue weighted by Crippen LogP contribution is -2.02. The summed E-state index contributed by atoms with van der Waals surface area (Å²) in [5, 5.41) is 0.349. The van der Waals surface area contributed by atoms with E-state index in [1.807, 2.05) is 26.0 Å². The summed E-state index contributed by atoms with van der Waals surface area (Å²) in [5.74, 6) is 0.866. The molecule has 0 bridgehead atoms. The first-order chi connectivity index (χ1) is 6.69. The van der Waals surface area contributed by atoms with Crippen molar-refractivity contribution in [3.63, 3.8) is 0 Å². The number of aryl methyl sites for hydroxylation is 1. The molecule has 1 rings (SSSR count). The van der Waals surface area contributed by atoms with Crippen LogP contribution in [0.2, 0.25) is 0 Å². The number of Topliss-reactive ketones (excluding diaryl/α,β-unsaturated/α-hetero) is 1. The SMILES string of the molecule is CCOc1cc(C(=O)CBr)ccc1C. The van der Waals surface area contributed by atoms with Crippen LogP contribution in [0.4, 0.5) is 0 Å². The quantitative estimate of drug-likeness (QED) is 0.612. The number of ketones is 1. The summed E-state index contributed by atoms with van der Waals surface area (Å²) in [5.41, 5.74) is 1.74. The molecule has 0 aromatic heterocycles. The highest BCUT2D eigenvalue weighted by Crippen LogP contribution is 2.20. The lowest BCUT2D eigenvalue weighted by Gasteiger charge is -2.08. The van der Waals surface area contributed by atoms with Gasteiger partial charge in [-0.05, 0) is 25.5 Å². The second-order valence-electron chi connectivity index (χ2n) is 2.97. The number of hydrogen-bond acceptors (Lipinski definition) is 2. The van der Waals surface area contributed by atoms with Gasteiger partial charge in [0.25, 0.3) is 0 Å². The van der Waals surface area contributed by atoms with Crippen molar-refractivity contribution in [3.05, 3.63) is 29.3 Å². The molecular formula is C11H13BrO2. The first-order valence-electron chi connectivity index (χ1n) is 4.51. The van der Waals surface area contributed by atoms with Crippen LogP contribution in [0.3, 0.4) is 0 Å². The zero-order chi connectivity index (χ0) is 10.6. The highest BCUT2D eigenvalue weighted by atomic mass is 79.9. The number of halogens is 1. The Hall–Kier alpha value is -0.830. The van der Waals surface area contributed by atoms with Gasteiger partial charge in [0.1, 0.15) is 5.75 Å². The van der Waals surface area contributed by atoms with Crippen molar-refractivity contribution in [2.45, 2.75) is 13.8 Å². The van der Waals surface area contributed by atoms with Crippen molar-refractivity contribution in [2.75, 3.05) is 11.9 Å². The smallest absolute Gasteiger partial charge is 0.173 e. The van der Waals surface area contributed by atoms with Crippen molar-refractivity contribution in [1.29, 1.82) is 0 Å². The molecule has 0 radical (unpaired) electrons. The first kappa shape index (κ1) is 11.2. The molecule has 3 heteroatoms. The second kappa shape index (κ2) is 5.15. The molecule has 1 aromatic rings. The van der Waals surface area contributed by atoms with E-state index >= 15 is 0 Å². The van der Waals surface area contributed by atoms with E-state index in [2.05, 4.69) is 15.9 Å². The van der Waals surface area contributed by atoms with Crippen molar-refractivity contribution in [1.82, 2.24) is 0 Å². The van der Waals surface area contributed by atoms with Crippen molar-refractivity contribution >= 4 is 21.7 Å². The van der Waals surface area contributed by atoms with Gasteiger partial charge in [-0.25, -0.2) is 0 Å². The van der Waals surface area contributed by atoms with Gasteiger partial charge in [0.05, 0.1) is 11.9 Å². The van der Waals surface area contributed by atoms with Crippen LogP contribution in [-0.2, 0) is 0 Å². The molecule has 0 aliphatic heterocycles. The molecule has 0 saturated heterocycles. The van der Waals surface area contributed by atoms with Crippen LogP contribution in [0.15, 0.2) is 18.2 Å². The van der Waals surface area contributed by atoms with Gasteiger partial charge in [-0.2, -0.15) is 0 Å². The Morgan fingerprint density at radius 2 is 2.21 bits per heavy atom. The predicted molar refractivity (Wildman–Crippen MR) is 60.5 cm³/mol. The molecule has 0 amide bonds. The molecule has 0 aliphatic carbocycles. The Balaban J connectivity index is 2.99. The number of ether oxygens (including phenoxy) is 1. The Morgan fingerprint density at radius 1 is 1.50 bits per heavy atom. The zero-order valence-corrected chi connectivity index (χ0v) is 9.93. The van der Waals surface area contributed by atoms with E-state index in [-0.39, 0.29) is 5.78 Å². The summed E-state index contributed by atoms with van der Waals surface area (Å²) in [6.07, 6.45) is 0. The average Bonchev–Trinajstić information content (AvgIpc) is 2.20. The van der Waals surface area contributed by atoms with Crippen LogP contribution >= 0.6 is 15.9 Å². The summed E-state index contributed by atoms with van der Waals surface area (Å²) >= 11 is 3.14. The van der Waals surface area contributed by atoms with E-state index in [1.54, 1.807) is 6.07 Å². The van der Waals surface area contributed by atoms with Crippen LogP contribution in [0, 0.1) is 6.92 Å². The molecule has 0 atom stereocenters. The molecule has 0 heterocycles. The molecule has 2 nitrogen and oxygen atoms in total. The fourth-order valence-electron chi connectivity index (χ4n) is 1.16. The van der Waals surface area contributed by atoms with Gasteiger partial charge < -0.3 is 4.74 Å². The maximum atomic E-state index is 11.4. The minimum atomic E-state index is 0.0750. The van der Waals surface area contributed by atoms with Crippen molar-refractivity contribution in [3.8, 4) is 5.75 Å². The number of alkyl halides is 1. The molecular weight excluding hydrogens is 244 g/mol. The van der Waals surface area contributed by atoms with E-state index in [1.165, 1.54) is 0 Å². The Bertz CT molecular complexity index is 334. The van der Waals surface area contributed by atoms with Crippen molar-refractivity contribution < 1.29 is 9.53 Å². The number of carbonyl (C=O) groups is 1. The van der Waals surface area contributed by atoms with Gasteiger partial charge in [0, 0.05) is 5.56 Å². The van der Waals surface area contributed by atoms with Crippen LogP contribution in [-0.4, -0.2) is 17.7 Å². The van der Waals surface area contributed by atoms with Gasteiger partial charge in [0.2, 0.25) is 0 Å². The third-order valence-electron chi connectivity index (χ3n) is 1.93. The van der Waals surface area contributed by atoms with Crippen LogP contribution in [0.1, 0.15) is 22.8 Å². The van der Waals surface area contributed by atoms with Gasteiger partial charge in [-0.3, -0.25) is 4.79 Å². The largest absolute Gasteiger partial charge is 0.494 e. The number of hydrogen-bond donors (Lipinski definition) is 0. The highest BCUT2D eigenvalue weighted by Gasteiger charge is 2.06. The fourth-order valence-corrected chi connectivity index (χ4v) is 1.49. The second-order valence-corrected chi connectivity index (χ2v) is 3.53. The molecule has 0 unspecified atom stereocenters. The Morgan fingerprint density at radius 3 is 2.79 bits per heavy atom. The summed E-state index contributed by atoms with van der Waals surface area (Å²) in [6, 6.07) is 5.52. The van der Waals surface area contributed by atoms with Crippen LogP contribution in [0.5, 0.6) is 5.75 Å². The number of benzene rings is 1. The van der Waals surface area contributed by atoms with E-state index < -0.39 is 0 Å². The van der Waals surface area contributed by atoms with Crippen LogP contribution in [0.25, 0.3) is 0 Å². The Labute approximate surface area is 92.4 Å². The normalized spacial score (nSPS) is 9.93. The average molecular weight is 257 g/mol.